The Bertz CT molecular complexity index is 2350. The number of benzene rings is 5. The van der Waals surface area contributed by atoms with Crippen molar-refractivity contribution in [3.63, 3.8) is 0 Å². The third-order valence-electron chi connectivity index (χ3n) is 10.2. The Labute approximate surface area is 262 Å². The van der Waals surface area contributed by atoms with E-state index < -0.39 is 0 Å². The smallest absolute Gasteiger partial charge is 0.101 e. The van der Waals surface area contributed by atoms with Crippen molar-refractivity contribution in [3.05, 3.63) is 149 Å². The summed E-state index contributed by atoms with van der Waals surface area (Å²) in [6.07, 6.45) is 8.71. The maximum Gasteiger partial charge on any atom is 0.101 e. The molecule has 6 aromatic rings. The van der Waals surface area contributed by atoms with Crippen molar-refractivity contribution in [2.75, 3.05) is 4.90 Å². The largest absolute Gasteiger partial charge is 0.332 e. The van der Waals surface area contributed by atoms with Crippen molar-refractivity contribution in [2.45, 2.75) is 31.2 Å². The highest BCUT2D eigenvalue weighted by atomic mass is 15.2. The normalized spacial score (nSPS) is 18.4. The van der Waals surface area contributed by atoms with E-state index in [4.69, 9.17) is 0 Å². The molecule has 4 heteroatoms. The maximum atomic E-state index is 10.7. The Balaban J connectivity index is 1.29. The van der Waals surface area contributed by atoms with Crippen LogP contribution in [0.25, 0.3) is 38.6 Å². The van der Waals surface area contributed by atoms with Crippen LogP contribution < -0.4 is 4.90 Å². The van der Waals surface area contributed by atoms with Crippen molar-refractivity contribution in [1.29, 1.82) is 10.5 Å². The van der Waals surface area contributed by atoms with E-state index in [9.17, 15) is 10.5 Å². The molecule has 0 spiro atoms. The van der Waals surface area contributed by atoms with Gasteiger partial charge < -0.3 is 9.47 Å². The quantitative estimate of drug-likeness (QED) is 0.206. The molecule has 5 aromatic carbocycles. The van der Waals surface area contributed by atoms with Gasteiger partial charge in [-0.15, -0.1) is 0 Å². The molecule has 0 saturated heterocycles. The molecule has 0 fully saturated rings. The number of rotatable bonds is 2. The second-order valence-electron chi connectivity index (χ2n) is 12.8. The minimum atomic E-state index is -0.150. The highest BCUT2D eigenvalue weighted by Gasteiger charge is 2.43. The van der Waals surface area contributed by atoms with Gasteiger partial charge in [-0.25, -0.2) is 0 Å². The predicted molar refractivity (Wildman–Crippen MR) is 181 cm³/mol. The van der Waals surface area contributed by atoms with Gasteiger partial charge in [-0.1, -0.05) is 98.8 Å². The van der Waals surface area contributed by atoms with Crippen LogP contribution in [0.1, 0.15) is 47.6 Å². The SMILES string of the molecule is CC1(C)c2ccccc2-c2cc3c(cc21)N(c1cc(C#N)c(-n2c4ccccc4c4ccccc42)cc1C#N)C1C=CC=CC31. The number of anilines is 2. The number of allylic oxidation sites excluding steroid dienone is 2. The predicted octanol–water partition coefficient (Wildman–Crippen LogP) is 9.56. The number of nitriles is 2. The first-order chi connectivity index (χ1) is 22.0. The van der Waals surface area contributed by atoms with Gasteiger partial charge in [0.05, 0.1) is 39.6 Å². The summed E-state index contributed by atoms with van der Waals surface area (Å²) in [6, 6.07) is 38.8. The van der Waals surface area contributed by atoms with E-state index in [1.807, 2.05) is 36.4 Å². The zero-order valence-corrected chi connectivity index (χ0v) is 25.0. The first-order valence-corrected chi connectivity index (χ1v) is 15.4. The molecule has 0 N–H and O–H groups in total. The Morgan fingerprint density at radius 3 is 1.98 bits per heavy atom. The number of para-hydroxylation sites is 2. The molecular weight excluding hydrogens is 548 g/mol. The summed E-state index contributed by atoms with van der Waals surface area (Å²) in [5.41, 5.74) is 12.0. The van der Waals surface area contributed by atoms with E-state index in [1.165, 1.54) is 27.8 Å². The van der Waals surface area contributed by atoms with Crippen molar-refractivity contribution in [1.82, 2.24) is 4.57 Å². The Hall–Kier alpha value is -5.84. The second-order valence-corrected chi connectivity index (χ2v) is 12.8. The standard InChI is InChI=1S/C41H28N4/c1-41(2)33-15-7-3-11-27(33)31-21-32-30-14-6-10-18-37(30)45(40(32)22-34(31)41)39-20-25(23-42)38(19-26(39)24-43)44-35-16-8-4-12-28(35)29-13-5-9-17-36(29)44/h3-22,30,37H,1-2H3. The molecule has 0 bridgehead atoms. The third-order valence-corrected chi connectivity index (χ3v) is 10.2. The molecule has 4 nitrogen and oxygen atoms in total. The fourth-order valence-electron chi connectivity index (χ4n) is 8.13. The first-order valence-electron chi connectivity index (χ1n) is 15.4. The number of aromatic nitrogens is 1. The fourth-order valence-corrected chi connectivity index (χ4v) is 8.13. The van der Waals surface area contributed by atoms with Crippen LogP contribution in [0.5, 0.6) is 0 Å². The molecule has 0 amide bonds. The number of nitrogens with zero attached hydrogens (tertiary/aromatic N) is 4. The summed E-state index contributed by atoms with van der Waals surface area (Å²) in [6.45, 7) is 4.59. The Kier molecular flexibility index (Phi) is 5.18. The molecule has 0 saturated carbocycles. The van der Waals surface area contributed by atoms with E-state index in [0.717, 1.165) is 38.9 Å². The fraction of sp³-hybridized carbons (Fsp3) is 0.122. The summed E-state index contributed by atoms with van der Waals surface area (Å²) < 4.78 is 2.13. The Morgan fingerprint density at radius 2 is 1.24 bits per heavy atom. The van der Waals surface area contributed by atoms with E-state index in [0.29, 0.717) is 11.1 Å². The lowest BCUT2D eigenvalue weighted by Crippen LogP contribution is -2.29. The average molecular weight is 577 g/mol. The van der Waals surface area contributed by atoms with Crippen molar-refractivity contribution in [2.24, 2.45) is 0 Å². The molecule has 2 aliphatic carbocycles. The third kappa shape index (κ3) is 3.34. The van der Waals surface area contributed by atoms with Crippen LogP contribution in [0, 0.1) is 22.7 Å². The number of hydrogen-bond acceptors (Lipinski definition) is 3. The van der Waals surface area contributed by atoms with Crippen LogP contribution in [-0.4, -0.2) is 10.6 Å². The van der Waals surface area contributed by atoms with Gasteiger partial charge in [0, 0.05) is 27.8 Å². The lowest BCUT2D eigenvalue weighted by molar-refractivity contribution is 0.660. The number of hydrogen-bond donors (Lipinski definition) is 0. The van der Waals surface area contributed by atoms with Gasteiger partial charge >= 0.3 is 0 Å². The van der Waals surface area contributed by atoms with E-state index in [-0.39, 0.29) is 17.4 Å². The van der Waals surface area contributed by atoms with Crippen LogP contribution in [0.4, 0.5) is 11.4 Å². The lowest BCUT2D eigenvalue weighted by atomic mass is 9.81. The molecule has 1 aliphatic heterocycles. The summed E-state index contributed by atoms with van der Waals surface area (Å²) in [5.74, 6) is 0.139. The van der Waals surface area contributed by atoms with E-state index in [1.54, 1.807) is 0 Å². The first kappa shape index (κ1) is 25.6. The highest BCUT2D eigenvalue weighted by Crippen LogP contribution is 2.56. The van der Waals surface area contributed by atoms with E-state index >= 15 is 0 Å². The van der Waals surface area contributed by atoms with Crippen LogP contribution in [0.15, 0.2) is 121 Å². The monoisotopic (exact) mass is 576 g/mol. The molecule has 9 rings (SSSR count). The molecule has 3 aliphatic rings. The average Bonchev–Trinajstić information content (AvgIpc) is 3.67. The van der Waals surface area contributed by atoms with Gasteiger partial charge in [-0.3, -0.25) is 0 Å². The van der Waals surface area contributed by atoms with Gasteiger partial charge in [0.1, 0.15) is 12.1 Å². The Morgan fingerprint density at radius 1 is 0.622 bits per heavy atom. The van der Waals surface area contributed by atoms with Gasteiger partial charge in [-0.2, -0.15) is 10.5 Å². The molecule has 1 aromatic heterocycles. The van der Waals surface area contributed by atoms with Crippen LogP contribution >= 0.6 is 0 Å². The van der Waals surface area contributed by atoms with E-state index in [2.05, 4.69) is 120 Å². The molecule has 2 unspecified atom stereocenters. The highest BCUT2D eigenvalue weighted by molar-refractivity contribution is 6.09. The zero-order chi connectivity index (χ0) is 30.4. The van der Waals surface area contributed by atoms with Crippen molar-refractivity contribution < 1.29 is 0 Å². The lowest BCUT2D eigenvalue weighted by Gasteiger charge is -2.30. The molecule has 0 radical (unpaired) electrons. The van der Waals surface area contributed by atoms with Crippen LogP contribution in [0.3, 0.4) is 0 Å². The van der Waals surface area contributed by atoms with Gasteiger partial charge in [0.2, 0.25) is 0 Å². The molecule has 45 heavy (non-hydrogen) atoms. The minimum absolute atomic E-state index is 0.00335. The minimum Gasteiger partial charge on any atom is -0.332 e. The van der Waals surface area contributed by atoms with Gasteiger partial charge in [0.15, 0.2) is 0 Å². The molecule has 2 heterocycles. The summed E-state index contributed by atoms with van der Waals surface area (Å²) in [5, 5.41) is 23.6. The summed E-state index contributed by atoms with van der Waals surface area (Å²) >= 11 is 0. The van der Waals surface area contributed by atoms with Crippen LogP contribution in [-0.2, 0) is 5.41 Å². The van der Waals surface area contributed by atoms with Crippen molar-refractivity contribution >= 4 is 33.2 Å². The second kappa shape index (κ2) is 9.08. The number of fused-ring (bicyclic) bond motifs is 9. The van der Waals surface area contributed by atoms with Crippen LogP contribution in [0.2, 0.25) is 0 Å². The molecule has 212 valence electrons. The van der Waals surface area contributed by atoms with Gasteiger partial charge in [0.25, 0.3) is 0 Å². The summed E-state index contributed by atoms with van der Waals surface area (Å²) in [4.78, 5) is 2.30. The molecular formula is C41H28N4. The topological polar surface area (TPSA) is 55.8 Å². The van der Waals surface area contributed by atoms with Crippen molar-refractivity contribution in [3.8, 4) is 29.0 Å². The maximum absolute atomic E-state index is 10.7. The van der Waals surface area contributed by atoms with Gasteiger partial charge in [-0.05, 0) is 64.2 Å². The summed E-state index contributed by atoms with van der Waals surface area (Å²) in [7, 11) is 0. The zero-order valence-electron chi connectivity index (χ0n) is 25.0. The molecule has 2 atom stereocenters.